The number of aromatic nitrogens is 2. The zero-order valence-corrected chi connectivity index (χ0v) is 15.3. The van der Waals surface area contributed by atoms with Gasteiger partial charge in [0.25, 0.3) is 0 Å². The molecule has 1 aromatic rings. The Morgan fingerprint density at radius 3 is 2.60 bits per heavy atom. The van der Waals surface area contributed by atoms with Crippen LogP contribution < -0.4 is 10.6 Å². The molecule has 3 N–H and O–H groups in total. The summed E-state index contributed by atoms with van der Waals surface area (Å²) in [6.45, 7) is 7.38. The highest BCUT2D eigenvalue weighted by Crippen LogP contribution is 2.29. The first kappa shape index (κ1) is 19.7. The maximum absolute atomic E-state index is 12.4. The summed E-state index contributed by atoms with van der Waals surface area (Å²) in [4.78, 5) is 16.9. The predicted molar refractivity (Wildman–Crippen MR) is 92.1 cm³/mol. The normalized spacial score (nSPS) is 18.1. The molecule has 2 amide bonds. The van der Waals surface area contributed by atoms with Crippen molar-refractivity contribution in [3.8, 4) is 0 Å². The van der Waals surface area contributed by atoms with Crippen molar-refractivity contribution >= 4 is 6.03 Å². The van der Waals surface area contributed by atoms with Gasteiger partial charge in [-0.15, -0.1) is 0 Å². The molecule has 1 fully saturated rings. The third-order valence-electron chi connectivity index (χ3n) is 4.44. The van der Waals surface area contributed by atoms with Crippen molar-refractivity contribution in [1.29, 1.82) is 0 Å². The van der Waals surface area contributed by atoms with Gasteiger partial charge in [0, 0.05) is 31.8 Å². The number of amides is 2. The largest absolute Gasteiger partial charge is 0.396 e. The van der Waals surface area contributed by atoms with E-state index in [1.807, 2.05) is 20.8 Å². The standard InChI is InChI=1S/C17H30N4O4/c1-11(2)15-20-16(25-21-15)14(13-6-9-24-10-7-13)19-17(23)18-12(3)5-4-8-22/h11-14,22H,4-10H2,1-3H3,(H2,18,19,23). The second-order valence-electron chi connectivity index (χ2n) is 6.96. The first-order valence-corrected chi connectivity index (χ1v) is 9.10. The first-order valence-electron chi connectivity index (χ1n) is 9.10. The molecular weight excluding hydrogens is 324 g/mol. The number of hydrogen-bond donors (Lipinski definition) is 3. The number of hydrogen-bond acceptors (Lipinski definition) is 6. The molecule has 0 radical (unpaired) electrons. The minimum Gasteiger partial charge on any atom is -0.396 e. The number of carbonyl (C=O) groups is 1. The number of aliphatic hydroxyl groups excluding tert-OH is 1. The van der Waals surface area contributed by atoms with Gasteiger partial charge in [0.15, 0.2) is 5.82 Å². The summed E-state index contributed by atoms with van der Waals surface area (Å²) in [5.74, 6) is 1.47. The van der Waals surface area contributed by atoms with Crippen LogP contribution in [0.5, 0.6) is 0 Å². The lowest BCUT2D eigenvalue weighted by Gasteiger charge is -2.29. The smallest absolute Gasteiger partial charge is 0.315 e. The molecule has 0 bridgehead atoms. The van der Waals surface area contributed by atoms with E-state index in [1.165, 1.54) is 0 Å². The number of urea groups is 1. The molecule has 0 saturated carbocycles. The number of ether oxygens (including phenoxy) is 1. The molecule has 2 heterocycles. The Balaban J connectivity index is 2.04. The summed E-state index contributed by atoms with van der Waals surface area (Å²) >= 11 is 0. The monoisotopic (exact) mass is 354 g/mol. The molecule has 0 spiro atoms. The van der Waals surface area contributed by atoms with Gasteiger partial charge < -0.3 is 25.0 Å². The van der Waals surface area contributed by atoms with Crippen molar-refractivity contribution in [2.75, 3.05) is 19.8 Å². The Morgan fingerprint density at radius 2 is 2.00 bits per heavy atom. The quantitative estimate of drug-likeness (QED) is 0.660. The van der Waals surface area contributed by atoms with Gasteiger partial charge in [0.05, 0.1) is 0 Å². The molecule has 0 aromatic carbocycles. The summed E-state index contributed by atoms with van der Waals surface area (Å²) in [5, 5.41) is 18.8. The van der Waals surface area contributed by atoms with Crippen LogP contribution >= 0.6 is 0 Å². The van der Waals surface area contributed by atoms with E-state index >= 15 is 0 Å². The number of aliphatic hydroxyl groups is 1. The Morgan fingerprint density at radius 1 is 1.28 bits per heavy atom. The summed E-state index contributed by atoms with van der Waals surface area (Å²) in [6, 6.07) is -0.600. The SMILES string of the molecule is CC(CCCO)NC(=O)NC(c1nc(C(C)C)no1)C1CCOCC1. The van der Waals surface area contributed by atoms with Crippen molar-refractivity contribution in [1.82, 2.24) is 20.8 Å². The summed E-state index contributed by atoms with van der Waals surface area (Å²) < 4.78 is 10.9. The number of rotatable bonds is 8. The lowest BCUT2D eigenvalue weighted by Crippen LogP contribution is -2.45. The Hall–Kier alpha value is -1.67. The van der Waals surface area contributed by atoms with Crippen molar-refractivity contribution in [3.63, 3.8) is 0 Å². The molecule has 1 aliphatic rings. The van der Waals surface area contributed by atoms with E-state index in [4.69, 9.17) is 14.4 Å². The second kappa shape index (κ2) is 9.72. The highest BCUT2D eigenvalue weighted by Gasteiger charge is 2.31. The molecule has 25 heavy (non-hydrogen) atoms. The lowest BCUT2D eigenvalue weighted by molar-refractivity contribution is 0.0502. The van der Waals surface area contributed by atoms with E-state index in [9.17, 15) is 4.79 Å². The van der Waals surface area contributed by atoms with Crippen molar-refractivity contribution < 1.29 is 19.2 Å². The van der Waals surface area contributed by atoms with Crippen LogP contribution in [0.2, 0.25) is 0 Å². The molecule has 142 valence electrons. The average Bonchev–Trinajstić information content (AvgIpc) is 3.08. The number of carbonyl (C=O) groups excluding carboxylic acids is 1. The van der Waals surface area contributed by atoms with E-state index in [0.717, 1.165) is 19.3 Å². The summed E-state index contributed by atoms with van der Waals surface area (Å²) in [7, 11) is 0. The summed E-state index contributed by atoms with van der Waals surface area (Å²) in [5.41, 5.74) is 0. The van der Waals surface area contributed by atoms with Crippen LogP contribution in [0.4, 0.5) is 4.79 Å². The van der Waals surface area contributed by atoms with Crippen molar-refractivity contribution in [2.45, 2.75) is 64.5 Å². The predicted octanol–water partition coefficient (Wildman–Crippen LogP) is 2.12. The van der Waals surface area contributed by atoms with Gasteiger partial charge in [-0.25, -0.2) is 4.79 Å². The van der Waals surface area contributed by atoms with E-state index in [-0.39, 0.29) is 36.6 Å². The summed E-state index contributed by atoms with van der Waals surface area (Å²) in [6.07, 6.45) is 3.06. The van der Waals surface area contributed by atoms with Crippen molar-refractivity contribution in [2.24, 2.45) is 5.92 Å². The molecule has 2 unspecified atom stereocenters. The number of nitrogens with one attached hydrogen (secondary N) is 2. The van der Waals surface area contributed by atoms with Crippen LogP contribution in [-0.2, 0) is 4.74 Å². The van der Waals surface area contributed by atoms with E-state index < -0.39 is 0 Å². The maximum Gasteiger partial charge on any atom is 0.315 e. The molecule has 1 aromatic heterocycles. The Bertz CT molecular complexity index is 528. The first-order chi connectivity index (χ1) is 12.0. The average molecular weight is 354 g/mol. The highest BCUT2D eigenvalue weighted by atomic mass is 16.5. The third kappa shape index (κ3) is 5.97. The lowest BCUT2D eigenvalue weighted by atomic mass is 9.91. The van der Waals surface area contributed by atoms with Crippen LogP contribution in [0.15, 0.2) is 4.52 Å². The molecule has 1 aliphatic heterocycles. The molecule has 2 atom stereocenters. The van der Waals surface area contributed by atoms with Gasteiger partial charge in [-0.2, -0.15) is 4.98 Å². The van der Waals surface area contributed by atoms with Gasteiger partial charge in [0.2, 0.25) is 5.89 Å². The highest BCUT2D eigenvalue weighted by molar-refractivity contribution is 5.74. The molecule has 0 aliphatic carbocycles. The Labute approximate surface area is 148 Å². The van der Waals surface area contributed by atoms with E-state index in [0.29, 0.717) is 31.3 Å². The molecule has 2 rings (SSSR count). The van der Waals surface area contributed by atoms with Gasteiger partial charge >= 0.3 is 6.03 Å². The van der Waals surface area contributed by atoms with Gasteiger partial charge in [-0.05, 0) is 38.5 Å². The topological polar surface area (TPSA) is 110 Å². The molecule has 1 saturated heterocycles. The Kier molecular flexibility index (Phi) is 7.64. The maximum atomic E-state index is 12.4. The second-order valence-corrected chi connectivity index (χ2v) is 6.96. The zero-order chi connectivity index (χ0) is 18.2. The van der Waals surface area contributed by atoms with Crippen LogP contribution in [0.1, 0.15) is 70.1 Å². The minimum absolute atomic E-state index is 0.0172. The van der Waals surface area contributed by atoms with Gasteiger partial charge in [-0.3, -0.25) is 0 Å². The van der Waals surface area contributed by atoms with Crippen LogP contribution in [0.3, 0.4) is 0 Å². The van der Waals surface area contributed by atoms with E-state index in [1.54, 1.807) is 0 Å². The fourth-order valence-corrected chi connectivity index (χ4v) is 2.91. The fraction of sp³-hybridized carbons (Fsp3) is 0.824. The molecule has 8 nitrogen and oxygen atoms in total. The number of nitrogens with zero attached hydrogens (tertiary/aromatic N) is 2. The van der Waals surface area contributed by atoms with E-state index in [2.05, 4.69) is 20.8 Å². The van der Waals surface area contributed by atoms with Crippen LogP contribution in [0, 0.1) is 5.92 Å². The fourth-order valence-electron chi connectivity index (χ4n) is 2.91. The van der Waals surface area contributed by atoms with Gasteiger partial charge in [0.1, 0.15) is 6.04 Å². The van der Waals surface area contributed by atoms with Gasteiger partial charge in [-0.1, -0.05) is 19.0 Å². The molecular formula is C17H30N4O4. The molecule has 8 heteroatoms. The zero-order valence-electron chi connectivity index (χ0n) is 15.3. The van der Waals surface area contributed by atoms with Crippen LogP contribution in [0.25, 0.3) is 0 Å². The van der Waals surface area contributed by atoms with Crippen LogP contribution in [-0.4, -0.2) is 47.1 Å². The van der Waals surface area contributed by atoms with Crippen molar-refractivity contribution in [3.05, 3.63) is 11.7 Å². The third-order valence-corrected chi connectivity index (χ3v) is 4.44. The minimum atomic E-state index is -0.325.